The lowest BCUT2D eigenvalue weighted by Gasteiger charge is -2.25. The first-order valence-corrected chi connectivity index (χ1v) is 17.5. The molecule has 0 heterocycles. The monoisotopic (exact) mass is 602 g/mol. The SMILES string of the molecule is C=CCOP(=O)(OCCN)OCCC(N=[N+]=[N-])C(CCCCCCCCCC)OC(=O)CCCCCCCCCC. The van der Waals surface area contributed by atoms with Crippen LogP contribution in [0.1, 0.15) is 136 Å². The molecule has 2 N–H and O–H groups in total. The molecule has 0 amide bonds. The van der Waals surface area contributed by atoms with Gasteiger partial charge in [-0.1, -0.05) is 115 Å². The molecule has 41 heavy (non-hydrogen) atoms. The summed E-state index contributed by atoms with van der Waals surface area (Å²) in [6.07, 6.45) is 20.4. The van der Waals surface area contributed by atoms with Gasteiger partial charge >= 0.3 is 13.8 Å². The molecule has 0 spiro atoms. The van der Waals surface area contributed by atoms with Gasteiger partial charge in [-0.3, -0.25) is 18.4 Å². The molecule has 240 valence electrons. The van der Waals surface area contributed by atoms with Crippen molar-refractivity contribution in [2.45, 2.75) is 148 Å². The molecule has 0 bridgehead atoms. The van der Waals surface area contributed by atoms with Crippen molar-refractivity contribution in [2.24, 2.45) is 10.8 Å². The van der Waals surface area contributed by atoms with Gasteiger partial charge in [0.05, 0.1) is 25.9 Å². The van der Waals surface area contributed by atoms with Crippen LogP contribution in [0.4, 0.5) is 0 Å². The quantitative estimate of drug-likeness (QED) is 0.0158. The summed E-state index contributed by atoms with van der Waals surface area (Å²) >= 11 is 0. The van der Waals surface area contributed by atoms with Crippen molar-refractivity contribution in [3.63, 3.8) is 0 Å². The Morgan fingerprint density at radius 3 is 1.93 bits per heavy atom. The number of carbonyl (C=O) groups excluding carboxylic acids is 1. The number of ether oxygens (including phenoxy) is 1. The summed E-state index contributed by atoms with van der Waals surface area (Å²) in [5.74, 6) is -0.272. The highest BCUT2D eigenvalue weighted by atomic mass is 31.2. The van der Waals surface area contributed by atoms with Crippen LogP contribution in [-0.4, -0.2) is 44.5 Å². The van der Waals surface area contributed by atoms with Crippen molar-refractivity contribution in [3.05, 3.63) is 23.1 Å². The molecule has 0 radical (unpaired) electrons. The fourth-order valence-electron chi connectivity index (χ4n) is 4.53. The van der Waals surface area contributed by atoms with Crippen molar-refractivity contribution in [1.29, 1.82) is 0 Å². The van der Waals surface area contributed by atoms with E-state index in [1.807, 2.05) is 0 Å². The van der Waals surface area contributed by atoms with Crippen molar-refractivity contribution < 1.29 is 27.7 Å². The second-order valence-electron chi connectivity index (χ2n) is 10.6. The minimum Gasteiger partial charge on any atom is -0.462 e. The van der Waals surface area contributed by atoms with E-state index in [-0.39, 0.29) is 38.8 Å². The molecule has 0 fully saturated rings. The second kappa shape index (κ2) is 28.7. The summed E-state index contributed by atoms with van der Waals surface area (Å²) in [4.78, 5) is 15.7. The van der Waals surface area contributed by atoms with Crippen molar-refractivity contribution >= 4 is 13.8 Å². The third-order valence-electron chi connectivity index (χ3n) is 6.87. The average molecular weight is 603 g/mol. The predicted molar refractivity (Wildman–Crippen MR) is 167 cm³/mol. The first-order valence-electron chi connectivity index (χ1n) is 16.0. The number of phosphoric acid groups is 1. The lowest BCUT2D eigenvalue weighted by Crippen LogP contribution is -2.31. The Kier molecular flexibility index (Phi) is 27.7. The number of hydrogen-bond donors (Lipinski definition) is 1. The van der Waals surface area contributed by atoms with Crippen LogP contribution in [-0.2, 0) is 27.7 Å². The van der Waals surface area contributed by atoms with E-state index < -0.39 is 20.0 Å². The summed E-state index contributed by atoms with van der Waals surface area (Å²) in [7, 11) is -3.85. The van der Waals surface area contributed by atoms with E-state index in [9.17, 15) is 14.9 Å². The lowest BCUT2D eigenvalue weighted by molar-refractivity contribution is -0.151. The topological polar surface area (TPSA) is 146 Å². The number of carbonyl (C=O) groups is 1. The Morgan fingerprint density at radius 1 is 0.854 bits per heavy atom. The van der Waals surface area contributed by atoms with Crippen LogP contribution < -0.4 is 5.73 Å². The molecule has 0 aromatic rings. The van der Waals surface area contributed by atoms with Gasteiger partial charge in [-0.2, -0.15) is 0 Å². The standard InChI is InChI=1S/C30H59N4O6P/c1-4-7-9-11-13-15-17-19-21-29(40-30(35)22-20-18-16-14-12-10-8-5-2)28(33-34-32)23-26-38-41(36,37-25-6-3)39-27-24-31/h6,28-29H,3-5,7-27,31H2,1-2H3. The first-order chi connectivity index (χ1) is 20.0. The number of phosphoric ester groups is 1. The summed E-state index contributed by atoms with van der Waals surface area (Å²) in [6.45, 7) is 8.05. The van der Waals surface area contributed by atoms with Crippen LogP contribution in [0.3, 0.4) is 0 Å². The minimum absolute atomic E-state index is 0.00558. The molecule has 3 atom stereocenters. The molecule has 0 saturated heterocycles. The molecule has 0 aromatic heterocycles. The van der Waals surface area contributed by atoms with Crippen LogP contribution in [0.25, 0.3) is 10.4 Å². The average Bonchev–Trinajstić information content (AvgIpc) is 2.97. The largest absolute Gasteiger partial charge is 0.475 e. The van der Waals surface area contributed by atoms with Gasteiger partial charge in [-0.05, 0) is 31.2 Å². The fraction of sp³-hybridized carbons (Fsp3) is 0.900. The third-order valence-corrected chi connectivity index (χ3v) is 8.33. The van der Waals surface area contributed by atoms with Gasteiger partial charge in [0.25, 0.3) is 0 Å². The van der Waals surface area contributed by atoms with Gasteiger partial charge in [0.15, 0.2) is 0 Å². The van der Waals surface area contributed by atoms with Crippen molar-refractivity contribution in [3.8, 4) is 0 Å². The van der Waals surface area contributed by atoms with Gasteiger partial charge < -0.3 is 10.5 Å². The van der Waals surface area contributed by atoms with Gasteiger partial charge in [-0.15, -0.1) is 6.58 Å². The third kappa shape index (κ3) is 23.8. The summed E-state index contributed by atoms with van der Waals surface area (Å²) in [6, 6.07) is -0.658. The van der Waals surface area contributed by atoms with E-state index in [4.69, 9.17) is 24.0 Å². The maximum atomic E-state index is 12.8. The second-order valence-corrected chi connectivity index (χ2v) is 12.2. The number of azide groups is 1. The predicted octanol–water partition coefficient (Wildman–Crippen LogP) is 9.33. The maximum Gasteiger partial charge on any atom is 0.475 e. The van der Waals surface area contributed by atoms with Gasteiger partial charge in [0.1, 0.15) is 6.10 Å². The highest BCUT2D eigenvalue weighted by molar-refractivity contribution is 7.48. The lowest BCUT2D eigenvalue weighted by atomic mass is 10.0. The highest BCUT2D eigenvalue weighted by Crippen LogP contribution is 2.49. The first kappa shape index (κ1) is 39.6. The molecule has 0 aromatic carbocycles. The highest BCUT2D eigenvalue weighted by Gasteiger charge is 2.29. The van der Waals surface area contributed by atoms with E-state index in [1.165, 1.54) is 70.3 Å². The summed E-state index contributed by atoms with van der Waals surface area (Å²) < 4.78 is 34.6. The van der Waals surface area contributed by atoms with E-state index in [2.05, 4.69) is 30.5 Å². The molecule has 0 aliphatic heterocycles. The molecule has 3 unspecified atom stereocenters. The normalized spacial score (nSPS) is 14.1. The molecule has 10 nitrogen and oxygen atoms in total. The van der Waals surface area contributed by atoms with Crippen molar-refractivity contribution in [1.82, 2.24) is 0 Å². The Balaban J connectivity index is 5.00. The number of nitrogens with zero attached hydrogens (tertiary/aromatic N) is 3. The zero-order valence-corrected chi connectivity index (χ0v) is 26.9. The molecule has 0 saturated carbocycles. The van der Waals surface area contributed by atoms with Crippen LogP contribution in [0.2, 0.25) is 0 Å². The summed E-state index contributed by atoms with van der Waals surface area (Å²) in [5, 5.41) is 3.93. The molecule has 0 rings (SSSR count). The van der Waals surface area contributed by atoms with Crippen LogP contribution in [0.5, 0.6) is 0 Å². The Morgan fingerprint density at radius 2 is 1.39 bits per heavy atom. The zero-order chi connectivity index (χ0) is 30.4. The smallest absolute Gasteiger partial charge is 0.462 e. The Hall–Kier alpha value is -1.41. The van der Waals surface area contributed by atoms with Crippen LogP contribution in [0.15, 0.2) is 17.8 Å². The van der Waals surface area contributed by atoms with Gasteiger partial charge in [-0.25, -0.2) is 4.57 Å². The van der Waals surface area contributed by atoms with Gasteiger partial charge in [0, 0.05) is 17.9 Å². The van der Waals surface area contributed by atoms with E-state index in [0.717, 1.165) is 38.5 Å². The number of rotatable bonds is 31. The van der Waals surface area contributed by atoms with E-state index in [0.29, 0.717) is 12.8 Å². The molecule has 0 aliphatic rings. The number of esters is 1. The number of nitrogens with two attached hydrogens (primary N) is 1. The van der Waals surface area contributed by atoms with E-state index in [1.54, 1.807) is 0 Å². The Labute approximate surface area is 249 Å². The number of hydrogen-bond acceptors (Lipinski definition) is 8. The maximum absolute atomic E-state index is 12.8. The molecule has 0 aliphatic carbocycles. The van der Waals surface area contributed by atoms with Crippen LogP contribution in [0, 0.1) is 0 Å². The summed E-state index contributed by atoms with van der Waals surface area (Å²) in [5.41, 5.74) is 14.7. The minimum atomic E-state index is -3.85. The van der Waals surface area contributed by atoms with Crippen LogP contribution >= 0.6 is 7.82 Å². The molecular weight excluding hydrogens is 543 g/mol. The fourth-order valence-corrected chi connectivity index (χ4v) is 5.70. The molecular formula is C30H59N4O6P. The van der Waals surface area contributed by atoms with E-state index >= 15 is 0 Å². The Bertz CT molecular complexity index is 736. The molecule has 11 heteroatoms. The zero-order valence-electron chi connectivity index (χ0n) is 26.0. The number of unbranched alkanes of at least 4 members (excludes halogenated alkanes) is 14. The van der Waals surface area contributed by atoms with Crippen molar-refractivity contribution in [2.75, 3.05) is 26.4 Å². The van der Waals surface area contributed by atoms with Gasteiger partial charge in [0.2, 0.25) is 0 Å².